The van der Waals surface area contributed by atoms with Crippen LogP contribution in [-0.4, -0.2) is 48.2 Å². The van der Waals surface area contributed by atoms with Crippen LogP contribution in [0.5, 0.6) is 0 Å². The summed E-state index contributed by atoms with van der Waals surface area (Å²) in [7, 11) is 0. The fraction of sp³-hybridized carbons (Fsp3) is 0.700. The number of nitrogens with zero attached hydrogens (tertiary/aromatic N) is 2. The number of hydrogen-bond acceptors (Lipinski definition) is 0. The van der Waals surface area contributed by atoms with Gasteiger partial charge in [0.05, 0.1) is 39.3 Å². The van der Waals surface area contributed by atoms with Crippen molar-refractivity contribution in [2.45, 2.75) is 54.6 Å². The number of benzene rings is 1. The average molecular weight is 377 g/mol. The molecule has 0 spiro atoms. The van der Waals surface area contributed by atoms with Crippen LogP contribution < -0.4 is 24.8 Å². The van der Waals surface area contributed by atoms with E-state index in [0.717, 1.165) is 0 Å². The Hall–Kier alpha value is -0.280. The summed E-state index contributed by atoms with van der Waals surface area (Å²) in [5.74, 6) is 0. The Morgan fingerprint density at radius 2 is 0.708 bits per heavy atom. The molecule has 0 bridgehead atoms. The Balaban J connectivity index is 0. The molecule has 0 aromatic heterocycles. The topological polar surface area (TPSA) is 0 Å². The molecule has 0 N–H and O–H groups in total. The van der Waals surface area contributed by atoms with Gasteiger partial charge in [0.2, 0.25) is 0 Å². The predicted molar refractivity (Wildman–Crippen MR) is 97.6 cm³/mol. The summed E-state index contributed by atoms with van der Waals surface area (Å²) in [5.41, 5.74) is 2.97. The van der Waals surface area contributed by atoms with E-state index < -0.39 is 0 Å². The van der Waals surface area contributed by atoms with Crippen molar-refractivity contribution in [2.24, 2.45) is 0 Å². The van der Waals surface area contributed by atoms with Gasteiger partial charge in [-0.25, -0.2) is 0 Å². The van der Waals surface area contributed by atoms with Crippen LogP contribution in [0.4, 0.5) is 0 Å². The second-order valence-corrected chi connectivity index (χ2v) is 6.71. The van der Waals surface area contributed by atoms with E-state index in [9.17, 15) is 0 Å². The number of hydrogen-bond donors (Lipinski definition) is 0. The SMILES string of the molecule is CC[N+](CC)(CC)Cc1ccc(C[N+](CC)(CC)CC)cc1.[Cl-].[Cl-]. The van der Waals surface area contributed by atoms with Gasteiger partial charge in [0.15, 0.2) is 0 Å². The molecule has 1 aromatic carbocycles. The third-order valence-corrected chi connectivity index (χ3v) is 6.08. The van der Waals surface area contributed by atoms with Gasteiger partial charge < -0.3 is 33.8 Å². The van der Waals surface area contributed by atoms with Crippen molar-refractivity contribution in [1.82, 2.24) is 0 Å². The van der Waals surface area contributed by atoms with Crippen molar-refractivity contribution in [3.8, 4) is 0 Å². The molecule has 0 aliphatic rings. The van der Waals surface area contributed by atoms with Crippen molar-refractivity contribution in [1.29, 1.82) is 0 Å². The molecule has 2 nitrogen and oxygen atoms in total. The van der Waals surface area contributed by atoms with Crippen LogP contribution >= 0.6 is 0 Å². The second kappa shape index (κ2) is 12.1. The van der Waals surface area contributed by atoms with E-state index in [1.165, 1.54) is 72.5 Å². The first-order chi connectivity index (χ1) is 10.5. The average Bonchev–Trinajstić information content (AvgIpc) is 2.59. The summed E-state index contributed by atoms with van der Waals surface area (Å²) in [6.45, 7) is 23.5. The lowest BCUT2D eigenvalue weighted by atomic mass is 10.1. The molecule has 0 atom stereocenters. The third-order valence-electron chi connectivity index (χ3n) is 6.08. The molecule has 4 heteroatoms. The number of quaternary nitrogens is 2. The molecule has 0 unspecified atom stereocenters. The summed E-state index contributed by atoms with van der Waals surface area (Å²) in [6, 6.07) is 9.44. The summed E-state index contributed by atoms with van der Waals surface area (Å²) in [5, 5.41) is 0. The van der Waals surface area contributed by atoms with E-state index in [1.54, 1.807) is 0 Å². The van der Waals surface area contributed by atoms with E-state index in [-0.39, 0.29) is 24.8 Å². The lowest BCUT2D eigenvalue weighted by molar-refractivity contribution is -0.936. The molecule has 0 saturated carbocycles. The highest BCUT2D eigenvalue weighted by Gasteiger charge is 2.23. The monoisotopic (exact) mass is 376 g/mol. The van der Waals surface area contributed by atoms with Gasteiger partial charge >= 0.3 is 0 Å². The van der Waals surface area contributed by atoms with Crippen molar-refractivity contribution < 1.29 is 33.8 Å². The summed E-state index contributed by atoms with van der Waals surface area (Å²) in [4.78, 5) is 0. The van der Waals surface area contributed by atoms with Crippen LogP contribution in [0, 0.1) is 0 Å². The first-order valence-electron chi connectivity index (χ1n) is 9.30. The van der Waals surface area contributed by atoms with Crippen molar-refractivity contribution in [2.75, 3.05) is 39.3 Å². The Morgan fingerprint density at radius 1 is 0.500 bits per heavy atom. The van der Waals surface area contributed by atoms with Gasteiger partial charge in [-0.1, -0.05) is 24.3 Å². The third kappa shape index (κ3) is 6.55. The quantitative estimate of drug-likeness (QED) is 0.433. The first-order valence-corrected chi connectivity index (χ1v) is 9.30. The fourth-order valence-corrected chi connectivity index (χ4v) is 3.54. The maximum atomic E-state index is 2.36. The summed E-state index contributed by atoms with van der Waals surface area (Å²) >= 11 is 0. The van der Waals surface area contributed by atoms with E-state index in [0.29, 0.717) is 0 Å². The zero-order chi connectivity index (χ0) is 16.6. The first kappa shape index (κ1) is 26.0. The minimum Gasteiger partial charge on any atom is -1.00 e. The van der Waals surface area contributed by atoms with Crippen LogP contribution in [0.2, 0.25) is 0 Å². The Kier molecular flexibility index (Phi) is 13.1. The fourth-order valence-electron chi connectivity index (χ4n) is 3.54. The maximum Gasteiger partial charge on any atom is 0.104 e. The van der Waals surface area contributed by atoms with Crippen molar-refractivity contribution in [3.05, 3.63) is 35.4 Å². The predicted octanol–water partition coefficient (Wildman–Crippen LogP) is -1.55. The van der Waals surface area contributed by atoms with Gasteiger partial charge in [-0.3, -0.25) is 0 Å². The van der Waals surface area contributed by atoms with E-state index in [2.05, 4.69) is 65.8 Å². The highest BCUT2D eigenvalue weighted by atomic mass is 35.5. The largest absolute Gasteiger partial charge is 1.00 e. The molecular formula is C20H38Cl2N2. The highest BCUT2D eigenvalue weighted by molar-refractivity contribution is 5.21. The Bertz CT molecular complexity index is 366. The molecule has 0 radical (unpaired) electrons. The molecule has 0 aliphatic carbocycles. The van der Waals surface area contributed by atoms with Crippen molar-refractivity contribution in [3.63, 3.8) is 0 Å². The van der Waals surface area contributed by atoms with Crippen molar-refractivity contribution >= 4 is 0 Å². The second-order valence-electron chi connectivity index (χ2n) is 6.71. The van der Waals surface area contributed by atoms with E-state index >= 15 is 0 Å². The zero-order valence-electron chi connectivity index (χ0n) is 16.6. The molecule has 0 saturated heterocycles. The normalized spacial score (nSPS) is 11.6. The minimum atomic E-state index is 0. The van der Waals surface area contributed by atoms with Crippen LogP contribution in [-0.2, 0) is 13.1 Å². The van der Waals surface area contributed by atoms with Crippen LogP contribution in [0.25, 0.3) is 0 Å². The van der Waals surface area contributed by atoms with Gasteiger partial charge in [0, 0.05) is 11.1 Å². The standard InChI is InChI=1S/C20H38N2.2ClH/c1-7-21(8-2,9-3)17-19-13-15-20(16-14-19)18-22(10-4,11-5)12-6;;/h13-16H,7-12,17-18H2,1-6H3;2*1H/q+2;;/p-2. The van der Waals surface area contributed by atoms with Gasteiger partial charge in [-0.05, 0) is 41.5 Å². The van der Waals surface area contributed by atoms with Gasteiger partial charge in [-0.2, -0.15) is 0 Å². The molecule has 0 fully saturated rings. The summed E-state index contributed by atoms with van der Waals surface area (Å²) in [6.07, 6.45) is 0. The number of rotatable bonds is 10. The Morgan fingerprint density at radius 3 is 0.875 bits per heavy atom. The van der Waals surface area contributed by atoms with Crippen LogP contribution in [0.15, 0.2) is 24.3 Å². The van der Waals surface area contributed by atoms with Crippen LogP contribution in [0.1, 0.15) is 52.7 Å². The van der Waals surface area contributed by atoms with Crippen LogP contribution in [0.3, 0.4) is 0 Å². The maximum absolute atomic E-state index is 2.36. The molecule has 1 aromatic rings. The minimum absolute atomic E-state index is 0. The lowest BCUT2D eigenvalue weighted by Gasteiger charge is -2.36. The molecule has 142 valence electrons. The molecule has 24 heavy (non-hydrogen) atoms. The highest BCUT2D eigenvalue weighted by Crippen LogP contribution is 2.18. The molecule has 0 heterocycles. The lowest BCUT2D eigenvalue weighted by Crippen LogP contribution is -3.00. The van der Waals surface area contributed by atoms with Gasteiger partial charge in [0.1, 0.15) is 13.1 Å². The zero-order valence-corrected chi connectivity index (χ0v) is 18.1. The molecule has 0 amide bonds. The molecule has 1 rings (SSSR count). The molecule has 0 aliphatic heterocycles. The molecular weight excluding hydrogens is 339 g/mol. The van der Waals surface area contributed by atoms with E-state index in [1.807, 2.05) is 0 Å². The van der Waals surface area contributed by atoms with E-state index in [4.69, 9.17) is 0 Å². The van der Waals surface area contributed by atoms with Gasteiger partial charge in [0.25, 0.3) is 0 Å². The van der Waals surface area contributed by atoms with Gasteiger partial charge in [-0.15, -0.1) is 0 Å². The smallest absolute Gasteiger partial charge is 0.104 e. The summed E-state index contributed by atoms with van der Waals surface area (Å²) < 4.78 is 2.39. The Labute approximate surface area is 163 Å². The number of halogens is 2.